The van der Waals surface area contributed by atoms with Crippen LogP contribution < -0.4 is 5.32 Å². The molecule has 1 nitrogen and oxygen atoms in total. The monoisotopic (exact) mass is 193 g/mol. The summed E-state index contributed by atoms with van der Waals surface area (Å²) in [5.74, 6) is 0.327. The average molecular weight is 193 g/mol. The number of rotatable bonds is 1. The Bertz CT molecular complexity index is 333. The van der Waals surface area contributed by atoms with Crippen molar-refractivity contribution in [1.29, 1.82) is 0 Å². The first kappa shape index (κ1) is 9.66. The van der Waals surface area contributed by atoms with Crippen LogP contribution in [-0.4, -0.2) is 12.1 Å². The van der Waals surface area contributed by atoms with E-state index in [1.165, 1.54) is 6.07 Å². The van der Waals surface area contributed by atoms with Crippen molar-refractivity contribution in [2.24, 2.45) is 0 Å². The molecule has 2 rings (SSSR count). The molecule has 1 fully saturated rings. The summed E-state index contributed by atoms with van der Waals surface area (Å²) in [6.45, 7) is 5.33. The van der Waals surface area contributed by atoms with E-state index < -0.39 is 0 Å². The minimum Gasteiger partial charge on any atom is -0.311 e. The molecule has 0 radical (unpaired) electrons. The van der Waals surface area contributed by atoms with Gasteiger partial charge in [-0.05, 0) is 43.9 Å². The van der Waals surface area contributed by atoms with Crippen LogP contribution in [0, 0.1) is 5.82 Å². The zero-order chi connectivity index (χ0) is 10.2. The minimum atomic E-state index is -0.132. The molecule has 0 aromatic heterocycles. The molecule has 1 aromatic rings. The molecule has 0 saturated carbocycles. The van der Waals surface area contributed by atoms with Crippen LogP contribution >= 0.6 is 0 Å². The van der Waals surface area contributed by atoms with E-state index in [1.54, 1.807) is 12.1 Å². The van der Waals surface area contributed by atoms with Crippen LogP contribution in [0.5, 0.6) is 0 Å². The summed E-state index contributed by atoms with van der Waals surface area (Å²) in [5.41, 5.74) is 1.31. The summed E-state index contributed by atoms with van der Waals surface area (Å²) >= 11 is 0. The molecule has 76 valence electrons. The first-order chi connectivity index (χ1) is 6.57. The molecule has 1 unspecified atom stereocenters. The number of halogens is 1. The highest BCUT2D eigenvalue weighted by Crippen LogP contribution is 2.31. The molecule has 0 bridgehead atoms. The van der Waals surface area contributed by atoms with Crippen molar-refractivity contribution in [1.82, 2.24) is 5.32 Å². The Labute approximate surface area is 84.3 Å². The maximum Gasteiger partial charge on any atom is 0.123 e. The molecule has 1 atom stereocenters. The van der Waals surface area contributed by atoms with E-state index in [4.69, 9.17) is 0 Å². The van der Waals surface area contributed by atoms with E-state index in [0.29, 0.717) is 5.92 Å². The van der Waals surface area contributed by atoms with Gasteiger partial charge in [-0.25, -0.2) is 4.39 Å². The fraction of sp³-hybridized carbons (Fsp3) is 0.500. The SMILES string of the molecule is CC1(C)CC(c2cccc(F)c2)CN1. The van der Waals surface area contributed by atoms with Gasteiger partial charge in [0.05, 0.1) is 0 Å². The summed E-state index contributed by atoms with van der Waals surface area (Å²) in [6.07, 6.45) is 1.08. The van der Waals surface area contributed by atoms with Gasteiger partial charge in [-0.1, -0.05) is 12.1 Å². The first-order valence-corrected chi connectivity index (χ1v) is 5.07. The first-order valence-electron chi connectivity index (χ1n) is 5.07. The molecular formula is C12H16FN. The molecule has 1 heterocycles. The maximum absolute atomic E-state index is 13.0. The minimum absolute atomic E-state index is 0.132. The van der Waals surface area contributed by atoms with Crippen LogP contribution in [-0.2, 0) is 0 Å². The van der Waals surface area contributed by atoms with Crippen LogP contribution in [0.4, 0.5) is 4.39 Å². The Balaban J connectivity index is 2.17. The van der Waals surface area contributed by atoms with Gasteiger partial charge in [-0.15, -0.1) is 0 Å². The third-order valence-corrected chi connectivity index (χ3v) is 2.90. The van der Waals surface area contributed by atoms with E-state index in [0.717, 1.165) is 18.5 Å². The second kappa shape index (κ2) is 3.35. The lowest BCUT2D eigenvalue weighted by Gasteiger charge is -2.17. The lowest BCUT2D eigenvalue weighted by Crippen LogP contribution is -2.31. The lowest BCUT2D eigenvalue weighted by atomic mass is 9.91. The van der Waals surface area contributed by atoms with Crippen molar-refractivity contribution < 1.29 is 4.39 Å². The van der Waals surface area contributed by atoms with Crippen molar-refractivity contribution in [2.45, 2.75) is 31.7 Å². The molecule has 0 spiro atoms. The normalized spacial score (nSPS) is 25.2. The number of hydrogen-bond acceptors (Lipinski definition) is 1. The largest absolute Gasteiger partial charge is 0.311 e. The highest BCUT2D eigenvalue weighted by atomic mass is 19.1. The highest BCUT2D eigenvalue weighted by Gasteiger charge is 2.30. The van der Waals surface area contributed by atoms with Crippen molar-refractivity contribution in [3.63, 3.8) is 0 Å². The average Bonchev–Trinajstić information content (AvgIpc) is 2.46. The fourth-order valence-corrected chi connectivity index (χ4v) is 2.16. The molecule has 1 aromatic carbocycles. The second-order valence-corrected chi connectivity index (χ2v) is 4.72. The summed E-state index contributed by atoms with van der Waals surface area (Å²) in [7, 11) is 0. The van der Waals surface area contributed by atoms with Crippen molar-refractivity contribution >= 4 is 0 Å². The predicted octanol–water partition coefficient (Wildman–Crippen LogP) is 2.68. The molecule has 14 heavy (non-hydrogen) atoms. The van der Waals surface area contributed by atoms with Gasteiger partial charge in [0, 0.05) is 12.1 Å². The van der Waals surface area contributed by atoms with Crippen LogP contribution in [0.2, 0.25) is 0 Å². The van der Waals surface area contributed by atoms with E-state index in [2.05, 4.69) is 19.2 Å². The fourth-order valence-electron chi connectivity index (χ4n) is 2.16. The molecule has 2 heteroatoms. The Kier molecular flexibility index (Phi) is 2.31. The van der Waals surface area contributed by atoms with Gasteiger partial charge in [0.25, 0.3) is 0 Å². The van der Waals surface area contributed by atoms with E-state index in [-0.39, 0.29) is 11.4 Å². The summed E-state index contributed by atoms with van der Waals surface area (Å²) < 4.78 is 13.0. The summed E-state index contributed by atoms with van der Waals surface area (Å²) in [6, 6.07) is 6.94. The molecule has 1 aliphatic rings. The predicted molar refractivity (Wildman–Crippen MR) is 55.8 cm³/mol. The second-order valence-electron chi connectivity index (χ2n) is 4.72. The Morgan fingerprint density at radius 1 is 1.43 bits per heavy atom. The van der Waals surface area contributed by atoms with Gasteiger partial charge < -0.3 is 5.32 Å². The molecule has 1 saturated heterocycles. The number of nitrogens with one attached hydrogen (secondary N) is 1. The van der Waals surface area contributed by atoms with Crippen LogP contribution in [0.25, 0.3) is 0 Å². The van der Waals surface area contributed by atoms with E-state index in [9.17, 15) is 4.39 Å². The van der Waals surface area contributed by atoms with Gasteiger partial charge in [-0.2, -0.15) is 0 Å². The molecular weight excluding hydrogens is 177 g/mol. The lowest BCUT2D eigenvalue weighted by molar-refractivity contribution is 0.455. The number of hydrogen-bond donors (Lipinski definition) is 1. The third-order valence-electron chi connectivity index (χ3n) is 2.90. The van der Waals surface area contributed by atoms with E-state index in [1.807, 2.05) is 6.07 Å². The van der Waals surface area contributed by atoms with Crippen molar-refractivity contribution in [3.8, 4) is 0 Å². The zero-order valence-electron chi connectivity index (χ0n) is 8.68. The van der Waals surface area contributed by atoms with Gasteiger partial charge in [-0.3, -0.25) is 0 Å². The molecule has 1 aliphatic heterocycles. The van der Waals surface area contributed by atoms with Gasteiger partial charge >= 0.3 is 0 Å². The topological polar surface area (TPSA) is 12.0 Å². The quantitative estimate of drug-likeness (QED) is 0.723. The van der Waals surface area contributed by atoms with Crippen LogP contribution in [0.15, 0.2) is 24.3 Å². The smallest absolute Gasteiger partial charge is 0.123 e. The summed E-state index contributed by atoms with van der Waals surface area (Å²) in [5, 5.41) is 3.44. The highest BCUT2D eigenvalue weighted by molar-refractivity contribution is 5.23. The van der Waals surface area contributed by atoms with Gasteiger partial charge in [0.1, 0.15) is 5.82 Å². The summed E-state index contributed by atoms with van der Waals surface area (Å²) in [4.78, 5) is 0. The third kappa shape index (κ3) is 1.95. The molecule has 0 amide bonds. The van der Waals surface area contributed by atoms with Crippen molar-refractivity contribution in [3.05, 3.63) is 35.6 Å². The molecule has 0 aliphatic carbocycles. The zero-order valence-corrected chi connectivity index (χ0v) is 8.68. The molecule has 1 N–H and O–H groups in total. The van der Waals surface area contributed by atoms with Crippen molar-refractivity contribution in [2.75, 3.05) is 6.54 Å². The standard InChI is InChI=1S/C12H16FN/c1-12(2)7-10(8-14-12)9-4-3-5-11(13)6-9/h3-6,10,14H,7-8H2,1-2H3. The Hall–Kier alpha value is -0.890. The van der Waals surface area contributed by atoms with Crippen LogP contribution in [0.1, 0.15) is 31.7 Å². The van der Waals surface area contributed by atoms with Crippen LogP contribution in [0.3, 0.4) is 0 Å². The Morgan fingerprint density at radius 3 is 2.79 bits per heavy atom. The Morgan fingerprint density at radius 2 is 2.21 bits per heavy atom. The number of benzene rings is 1. The maximum atomic E-state index is 13.0. The van der Waals surface area contributed by atoms with Gasteiger partial charge in [0.15, 0.2) is 0 Å². The van der Waals surface area contributed by atoms with Gasteiger partial charge in [0.2, 0.25) is 0 Å². The van der Waals surface area contributed by atoms with E-state index >= 15 is 0 Å².